The second-order valence-electron chi connectivity index (χ2n) is 6.38. The number of aryl methyl sites for hydroxylation is 2. The van der Waals surface area contributed by atoms with Gasteiger partial charge in [-0.25, -0.2) is 0 Å². The van der Waals surface area contributed by atoms with E-state index in [1.807, 2.05) is 26.0 Å². The molecule has 1 aliphatic rings. The molecule has 1 atom stereocenters. The Labute approximate surface area is 140 Å². The van der Waals surface area contributed by atoms with Crippen molar-refractivity contribution in [2.24, 2.45) is 0 Å². The molecule has 128 valence electrons. The molecule has 3 rings (SSSR count). The van der Waals surface area contributed by atoms with Crippen LogP contribution in [0.15, 0.2) is 22.6 Å². The molecule has 0 bridgehead atoms. The molecule has 6 nitrogen and oxygen atoms in total. The van der Waals surface area contributed by atoms with E-state index in [0.29, 0.717) is 37.5 Å². The minimum atomic E-state index is -1.01. The van der Waals surface area contributed by atoms with Crippen molar-refractivity contribution in [3.63, 3.8) is 0 Å². The summed E-state index contributed by atoms with van der Waals surface area (Å²) in [5.74, 6) is -0.132. The zero-order valence-corrected chi connectivity index (χ0v) is 14.2. The van der Waals surface area contributed by atoms with Crippen LogP contribution in [0.5, 0.6) is 0 Å². The van der Waals surface area contributed by atoms with Crippen molar-refractivity contribution in [3.8, 4) is 0 Å². The van der Waals surface area contributed by atoms with E-state index < -0.39 is 6.10 Å². The van der Waals surface area contributed by atoms with E-state index in [0.717, 1.165) is 16.5 Å². The van der Waals surface area contributed by atoms with Gasteiger partial charge in [-0.05, 0) is 50.1 Å². The minimum absolute atomic E-state index is 0.161. The number of carbonyl (C=O) groups is 2. The third-order valence-electron chi connectivity index (χ3n) is 4.58. The molecule has 0 spiro atoms. The summed E-state index contributed by atoms with van der Waals surface area (Å²) in [5.41, 5.74) is 3.00. The Morgan fingerprint density at radius 2 is 1.62 bits per heavy atom. The fourth-order valence-corrected chi connectivity index (χ4v) is 2.96. The van der Waals surface area contributed by atoms with Gasteiger partial charge in [-0.2, -0.15) is 0 Å². The summed E-state index contributed by atoms with van der Waals surface area (Å²) in [6.07, 6.45) is -1.01. The van der Waals surface area contributed by atoms with Gasteiger partial charge in [-0.15, -0.1) is 0 Å². The molecule has 1 fully saturated rings. The van der Waals surface area contributed by atoms with Gasteiger partial charge in [-0.3, -0.25) is 9.59 Å². The Balaban J connectivity index is 1.73. The molecule has 1 saturated heterocycles. The van der Waals surface area contributed by atoms with Crippen LogP contribution in [-0.2, 0) is 4.79 Å². The molecule has 0 saturated carbocycles. The van der Waals surface area contributed by atoms with Crippen LogP contribution >= 0.6 is 0 Å². The Kier molecular flexibility index (Phi) is 4.32. The van der Waals surface area contributed by atoms with E-state index in [1.54, 1.807) is 15.9 Å². The van der Waals surface area contributed by atoms with Crippen molar-refractivity contribution in [3.05, 3.63) is 35.1 Å². The van der Waals surface area contributed by atoms with Crippen molar-refractivity contribution < 1.29 is 19.1 Å². The standard InChI is InChI=1S/C18H22N2O4/c1-11-8-14-10-16(24-15(14)9-12(11)2)18(23)20-6-4-19(5-7-20)17(22)13(3)21/h8-10,13,21H,4-7H2,1-3H3. The third-order valence-corrected chi connectivity index (χ3v) is 4.58. The molecule has 1 aromatic heterocycles. The molecular formula is C18H22N2O4. The third kappa shape index (κ3) is 3.01. The maximum Gasteiger partial charge on any atom is 0.289 e. The first kappa shape index (κ1) is 16.5. The van der Waals surface area contributed by atoms with Crippen LogP contribution in [0, 0.1) is 13.8 Å². The summed E-state index contributed by atoms with van der Waals surface area (Å²) in [5, 5.41) is 10.3. The second-order valence-corrected chi connectivity index (χ2v) is 6.38. The number of carbonyl (C=O) groups excluding carboxylic acids is 2. The SMILES string of the molecule is Cc1cc2cc(C(=O)N3CCN(C(=O)C(C)O)CC3)oc2cc1C. The van der Waals surface area contributed by atoms with Gasteiger partial charge in [0.05, 0.1) is 0 Å². The number of nitrogens with zero attached hydrogens (tertiary/aromatic N) is 2. The van der Waals surface area contributed by atoms with E-state index in [-0.39, 0.29) is 11.8 Å². The fourth-order valence-electron chi connectivity index (χ4n) is 2.96. The summed E-state index contributed by atoms with van der Waals surface area (Å²) in [4.78, 5) is 27.7. The van der Waals surface area contributed by atoms with Gasteiger partial charge in [0, 0.05) is 31.6 Å². The van der Waals surface area contributed by atoms with Gasteiger partial charge in [0.2, 0.25) is 0 Å². The highest BCUT2D eigenvalue weighted by Gasteiger charge is 2.28. The van der Waals surface area contributed by atoms with Crippen LogP contribution in [0.1, 0.15) is 28.6 Å². The zero-order chi connectivity index (χ0) is 17.4. The number of piperazine rings is 1. The Bertz CT molecular complexity index is 747. The predicted octanol–water partition coefficient (Wildman–Crippen LogP) is 1.71. The van der Waals surface area contributed by atoms with Gasteiger partial charge in [0.15, 0.2) is 5.76 Å². The second kappa shape index (κ2) is 6.28. The average molecular weight is 330 g/mol. The largest absolute Gasteiger partial charge is 0.451 e. The Morgan fingerprint density at radius 1 is 1.04 bits per heavy atom. The molecule has 24 heavy (non-hydrogen) atoms. The normalized spacial score (nSPS) is 16.5. The van der Waals surface area contributed by atoms with Crippen molar-refractivity contribution in [1.82, 2.24) is 9.80 Å². The van der Waals surface area contributed by atoms with Gasteiger partial charge in [0.1, 0.15) is 11.7 Å². The maximum absolute atomic E-state index is 12.6. The monoisotopic (exact) mass is 330 g/mol. The number of benzene rings is 1. The smallest absolute Gasteiger partial charge is 0.289 e. The minimum Gasteiger partial charge on any atom is -0.451 e. The molecule has 1 aromatic carbocycles. The molecule has 1 N–H and O–H groups in total. The quantitative estimate of drug-likeness (QED) is 0.910. The summed E-state index contributed by atoms with van der Waals surface area (Å²) in [7, 11) is 0. The van der Waals surface area contributed by atoms with Gasteiger partial charge in [-0.1, -0.05) is 0 Å². The van der Waals surface area contributed by atoms with E-state index in [2.05, 4.69) is 0 Å². The van der Waals surface area contributed by atoms with E-state index >= 15 is 0 Å². The van der Waals surface area contributed by atoms with Crippen LogP contribution in [-0.4, -0.2) is 59.0 Å². The number of hydrogen-bond acceptors (Lipinski definition) is 4. The average Bonchev–Trinajstić information content (AvgIpc) is 2.96. The van der Waals surface area contributed by atoms with E-state index in [1.165, 1.54) is 6.92 Å². The van der Waals surface area contributed by atoms with Gasteiger partial charge in [0.25, 0.3) is 11.8 Å². The maximum atomic E-state index is 12.6. The number of amides is 2. The number of aliphatic hydroxyl groups is 1. The summed E-state index contributed by atoms with van der Waals surface area (Å²) >= 11 is 0. The first-order valence-electron chi connectivity index (χ1n) is 8.13. The van der Waals surface area contributed by atoms with Crippen molar-refractivity contribution in [2.75, 3.05) is 26.2 Å². The number of rotatable bonds is 2. The Hall–Kier alpha value is -2.34. The van der Waals surface area contributed by atoms with Crippen molar-refractivity contribution >= 4 is 22.8 Å². The lowest BCUT2D eigenvalue weighted by atomic mass is 10.1. The van der Waals surface area contributed by atoms with Crippen molar-refractivity contribution in [1.29, 1.82) is 0 Å². The molecular weight excluding hydrogens is 308 g/mol. The first-order chi connectivity index (χ1) is 11.4. The number of fused-ring (bicyclic) bond motifs is 1. The zero-order valence-electron chi connectivity index (χ0n) is 14.2. The summed E-state index contributed by atoms with van der Waals surface area (Å²) < 4.78 is 5.72. The van der Waals surface area contributed by atoms with Crippen molar-refractivity contribution in [2.45, 2.75) is 26.9 Å². The first-order valence-corrected chi connectivity index (χ1v) is 8.13. The highest BCUT2D eigenvalue weighted by molar-refractivity contribution is 5.96. The van der Waals surface area contributed by atoms with E-state index in [9.17, 15) is 14.7 Å². The lowest BCUT2D eigenvalue weighted by Gasteiger charge is -2.34. The molecule has 0 aliphatic carbocycles. The number of furan rings is 1. The lowest BCUT2D eigenvalue weighted by Crippen LogP contribution is -2.52. The highest BCUT2D eigenvalue weighted by atomic mass is 16.3. The highest BCUT2D eigenvalue weighted by Crippen LogP contribution is 2.24. The van der Waals surface area contributed by atoms with Crippen LogP contribution in [0.25, 0.3) is 11.0 Å². The topological polar surface area (TPSA) is 74.0 Å². The number of hydrogen-bond donors (Lipinski definition) is 1. The molecule has 1 aliphatic heterocycles. The van der Waals surface area contributed by atoms with Crippen LogP contribution in [0.3, 0.4) is 0 Å². The van der Waals surface area contributed by atoms with E-state index in [4.69, 9.17) is 4.42 Å². The molecule has 1 unspecified atom stereocenters. The van der Waals surface area contributed by atoms with Crippen LogP contribution in [0.4, 0.5) is 0 Å². The summed E-state index contributed by atoms with van der Waals surface area (Å²) in [6, 6.07) is 5.74. The molecule has 2 heterocycles. The Morgan fingerprint density at radius 3 is 2.25 bits per heavy atom. The molecule has 0 radical (unpaired) electrons. The lowest BCUT2D eigenvalue weighted by molar-refractivity contribution is -0.140. The molecule has 6 heteroatoms. The van der Waals surface area contributed by atoms with Crippen LogP contribution < -0.4 is 0 Å². The molecule has 2 amide bonds. The molecule has 2 aromatic rings. The van der Waals surface area contributed by atoms with Crippen LogP contribution in [0.2, 0.25) is 0 Å². The van der Waals surface area contributed by atoms with Gasteiger partial charge < -0.3 is 19.3 Å². The van der Waals surface area contributed by atoms with Gasteiger partial charge >= 0.3 is 0 Å². The predicted molar refractivity (Wildman–Crippen MR) is 89.9 cm³/mol. The fraction of sp³-hybridized carbons (Fsp3) is 0.444. The summed E-state index contributed by atoms with van der Waals surface area (Å²) in [6.45, 7) is 7.22. The number of aliphatic hydroxyl groups excluding tert-OH is 1.